The van der Waals surface area contributed by atoms with Crippen LogP contribution in [-0.2, 0) is 22.2 Å². The topological polar surface area (TPSA) is 72.2 Å². The molecular formula is C17H21F3N2O2. The minimum Gasteiger partial charge on any atom is -0.368 e. The molecule has 3 N–H and O–H groups in total. The highest BCUT2D eigenvalue weighted by Crippen LogP contribution is 2.30. The summed E-state index contributed by atoms with van der Waals surface area (Å²) in [4.78, 5) is 23.6. The Morgan fingerprint density at radius 3 is 2.50 bits per heavy atom. The lowest BCUT2D eigenvalue weighted by Crippen LogP contribution is -2.46. The average Bonchev–Trinajstić information content (AvgIpc) is 2.98. The molecule has 132 valence electrons. The van der Waals surface area contributed by atoms with Gasteiger partial charge in [0.1, 0.15) is 6.04 Å². The van der Waals surface area contributed by atoms with Crippen LogP contribution in [0.15, 0.2) is 24.3 Å². The molecule has 0 spiro atoms. The molecule has 2 amide bonds. The number of primary amides is 1. The van der Waals surface area contributed by atoms with Crippen molar-refractivity contribution in [3.05, 3.63) is 35.4 Å². The summed E-state index contributed by atoms with van der Waals surface area (Å²) in [5, 5.41) is 2.56. The highest BCUT2D eigenvalue weighted by molar-refractivity contribution is 5.86. The first-order chi connectivity index (χ1) is 11.3. The fourth-order valence-corrected chi connectivity index (χ4v) is 3.06. The van der Waals surface area contributed by atoms with Gasteiger partial charge in [0.05, 0.1) is 5.56 Å². The number of hydrogen-bond donors (Lipinski definition) is 2. The van der Waals surface area contributed by atoms with Gasteiger partial charge in [-0.05, 0) is 30.4 Å². The Kier molecular flexibility index (Phi) is 5.85. The molecule has 1 aromatic rings. The predicted molar refractivity (Wildman–Crippen MR) is 82.8 cm³/mol. The van der Waals surface area contributed by atoms with Gasteiger partial charge in [0.15, 0.2) is 0 Å². The van der Waals surface area contributed by atoms with E-state index in [0.717, 1.165) is 37.8 Å². The van der Waals surface area contributed by atoms with Gasteiger partial charge in [-0.1, -0.05) is 31.0 Å². The van der Waals surface area contributed by atoms with Crippen LogP contribution >= 0.6 is 0 Å². The molecule has 1 atom stereocenters. The van der Waals surface area contributed by atoms with Crippen molar-refractivity contribution in [3.63, 3.8) is 0 Å². The van der Waals surface area contributed by atoms with E-state index in [1.54, 1.807) is 0 Å². The zero-order chi connectivity index (χ0) is 17.7. The van der Waals surface area contributed by atoms with Gasteiger partial charge >= 0.3 is 6.18 Å². The first-order valence-corrected chi connectivity index (χ1v) is 8.00. The summed E-state index contributed by atoms with van der Waals surface area (Å²) in [6.45, 7) is 0. The molecule has 1 aliphatic rings. The van der Waals surface area contributed by atoms with Crippen molar-refractivity contribution in [2.24, 2.45) is 11.7 Å². The molecule has 1 aliphatic carbocycles. The van der Waals surface area contributed by atoms with Crippen LogP contribution in [0.25, 0.3) is 0 Å². The molecule has 2 rings (SSSR count). The van der Waals surface area contributed by atoms with Crippen LogP contribution in [0.5, 0.6) is 0 Å². The third-order valence-electron chi connectivity index (χ3n) is 4.32. The highest BCUT2D eigenvalue weighted by Gasteiger charge is 2.31. The molecular weight excluding hydrogens is 321 g/mol. The summed E-state index contributed by atoms with van der Waals surface area (Å²) in [5.41, 5.74) is 4.80. The number of nitrogens with two attached hydrogens (primary N) is 1. The smallest absolute Gasteiger partial charge is 0.368 e. The van der Waals surface area contributed by atoms with Crippen molar-refractivity contribution in [3.8, 4) is 0 Å². The minimum atomic E-state index is -4.45. The monoisotopic (exact) mass is 342 g/mol. The Morgan fingerprint density at radius 2 is 1.92 bits per heavy atom. The van der Waals surface area contributed by atoms with Crippen LogP contribution in [0.3, 0.4) is 0 Å². The number of benzene rings is 1. The number of nitrogens with one attached hydrogen (secondary N) is 1. The average molecular weight is 342 g/mol. The highest BCUT2D eigenvalue weighted by atomic mass is 19.4. The fourth-order valence-electron chi connectivity index (χ4n) is 3.06. The van der Waals surface area contributed by atoms with E-state index in [1.807, 2.05) is 0 Å². The van der Waals surface area contributed by atoms with E-state index < -0.39 is 23.7 Å². The lowest BCUT2D eigenvalue weighted by Gasteiger charge is -2.18. The van der Waals surface area contributed by atoms with Gasteiger partial charge in [-0.15, -0.1) is 0 Å². The van der Waals surface area contributed by atoms with Crippen LogP contribution in [0.4, 0.5) is 13.2 Å². The van der Waals surface area contributed by atoms with Crippen molar-refractivity contribution in [1.82, 2.24) is 5.32 Å². The summed E-state index contributed by atoms with van der Waals surface area (Å²) in [7, 11) is 0. The van der Waals surface area contributed by atoms with Gasteiger partial charge in [0, 0.05) is 12.8 Å². The van der Waals surface area contributed by atoms with Crippen LogP contribution in [0.2, 0.25) is 0 Å². The number of carbonyl (C=O) groups excluding carboxylic acids is 2. The molecule has 0 aliphatic heterocycles. The molecule has 0 unspecified atom stereocenters. The molecule has 0 aromatic heterocycles. The van der Waals surface area contributed by atoms with E-state index in [9.17, 15) is 22.8 Å². The van der Waals surface area contributed by atoms with Gasteiger partial charge in [-0.25, -0.2) is 0 Å². The zero-order valence-corrected chi connectivity index (χ0v) is 13.2. The van der Waals surface area contributed by atoms with Gasteiger partial charge in [-0.2, -0.15) is 13.2 Å². The van der Waals surface area contributed by atoms with Gasteiger partial charge < -0.3 is 11.1 Å². The largest absolute Gasteiger partial charge is 0.416 e. The lowest BCUT2D eigenvalue weighted by atomic mass is 10.0. The third-order valence-corrected chi connectivity index (χ3v) is 4.32. The lowest BCUT2D eigenvalue weighted by molar-refractivity contribution is -0.137. The normalized spacial score (nSPS) is 16.8. The SMILES string of the molecule is NC(=O)[C@H](Cc1cccc(C(F)(F)F)c1)NC(=O)CC1CCCC1. The Hall–Kier alpha value is -2.05. The maximum absolute atomic E-state index is 12.7. The second-order valence-corrected chi connectivity index (χ2v) is 6.28. The number of halogens is 3. The Morgan fingerprint density at radius 1 is 1.25 bits per heavy atom. The molecule has 7 heteroatoms. The Labute approximate surface area is 138 Å². The summed E-state index contributed by atoms with van der Waals surface area (Å²) in [6, 6.07) is 3.67. The van der Waals surface area contributed by atoms with Crippen molar-refractivity contribution in [2.45, 2.75) is 50.7 Å². The molecule has 4 nitrogen and oxygen atoms in total. The molecule has 0 saturated heterocycles. The van der Waals surface area contributed by atoms with Gasteiger partial charge in [0.25, 0.3) is 0 Å². The molecule has 0 radical (unpaired) electrons. The van der Waals surface area contributed by atoms with Crippen molar-refractivity contribution in [1.29, 1.82) is 0 Å². The van der Waals surface area contributed by atoms with Crippen LogP contribution < -0.4 is 11.1 Å². The number of alkyl halides is 3. The maximum atomic E-state index is 12.7. The second-order valence-electron chi connectivity index (χ2n) is 6.28. The van der Waals surface area contributed by atoms with Gasteiger partial charge in [-0.3, -0.25) is 9.59 Å². The van der Waals surface area contributed by atoms with Crippen LogP contribution in [-0.4, -0.2) is 17.9 Å². The quantitative estimate of drug-likeness (QED) is 0.834. The summed E-state index contributed by atoms with van der Waals surface area (Å²) >= 11 is 0. The molecule has 24 heavy (non-hydrogen) atoms. The second kappa shape index (κ2) is 7.68. The number of amides is 2. The summed E-state index contributed by atoms with van der Waals surface area (Å²) in [6.07, 6.45) is -0.0145. The molecule has 1 fully saturated rings. The molecule has 0 bridgehead atoms. The van der Waals surface area contributed by atoms with E-state index in [4.69, 9.17) is 5.73 Å². The van der Waals surface area contributed by atoms with Crippen LogP contribution in [0, 0.1) is 5.92 Å². The molecule has 1 aromatic carbocycles. The third kappa shape index (κ3) is 5.25. The van der Waals surface area contributed by atoms with Crippen molar-refractivity contribution >= 4 is 11.8 Å². The van der Waals surface area contributed by atoms with Crippen molar-refractivity contribution < 1.29 is 22.8 Å². The van der Waals surface area contributed by atoms with E-state index in [-0.39, 0.29) is 12.3 Å². The summed E-state index contributed by atoms with van der Waals surface area (Å²) in [5.74, 6) is -0.725. The Balaban J connectivity index is 2.00. The minimum absolute atomic E-state index is 0.0599. The zero-order valence-electron chi connectivity index (χ0n) is 13.2. The number of hydrogen-bond acceptors (Lipinski definition) is 2. The predicted octanol–water partition coefficient (Wildman–Crippen LogP) is 2.80. The summed E-state index contributed by atoms with van der Waals surface area (Å²) < 4.78 is 38.2. The first-order valence-electron chi connectivity index (χ1n) is 8.00. The molecule has 0 heterocycles. The van der Waals surface area contributed by atoms with E-state index in [1.165, 1.54) is 12.1 Å². The number of carbonyl (C=O) groups is 2. The number of rotatable bonds is 6. The van der Waals surface area contributed by atoms with Gasteiger partial charge in [0.2, 0.25) is 11.8 Å². The maximum Gasteiger partial charge on any atom is 0.416 e. The Bertz CT molecular complexity index is 596. The van der Waals surface area contributed by atoms with Crippen molar-refractivity contribution in [2.75, 3.05) is 0 Å². The van der Waals surface area contributed by atoms with E-state index >= 15 is 0 Å². The fraction of sp³-hybridized carbons (Fsp3) is 0.529. The standard InChI is InChI=1S/C17H21F3N2O2/c18-17(19,20)13-7-3-6-12(8-13)9-14(16(21)24)22-15(23)10-11-4-1-2-5-11/h3,6-8,11,14H,1-2,4-5,9-10H2,(H2,21,24)(H,22,23)/t14-/m0/s1. The van der Waals surface area contributed by atoms with Crippen LogP contribution in [0.1, 0.15) is 43.2 Å². The van der Waals surface area contributed by atoms with E-state index in [2.05, 4.69) is 5.32 Å². The molecule has 1 saturated carbocycles. The first kappa shape index (κ1) is 18.3. The van der Waals surface area contributed by atoms with E-state index in [0.29, 0.717) is 17.9 Å².